The minimum atomic E-state index is -4.40. The molecule has 1 aliphatic carbocycles. The molecular formula is C22H18Cl2F3NO2. The summed E-state index contributed by atoms with van der Waals surface area (Å²) >= 11 is 12.2. The molecule has 1 saturated heterocycles. The van der Waals surface area contributed by atoms with Gasteiger partial charge in [0.2, 0.25) is 5.91 Å². The van der Waals surface area contributed by atoms with Gasteiger partial charge in [0.15, 0.2) is 5.78 Å². The molecule has 3 nitrogen and oxygen atoms in total. The molecule has 2 aliphatic rings. The second-order valence-electron chi connectivity index (χ2n) is 7.95. The maximum absolute atomic E-state index is 13.3. The maximum Gasteiger partial charge on any atom is 0.391 e. The monoisotopic (exact) mass is 455 g/mol. The highest BCUT2D eigenvalue weighted by atomic mass is 35.5. The first-order valence-electron chi connectivity index (χ1n) is 9.59. The van der Waals surface area contributed by atoms with E-state index < -0.39 is 41.7 Å². The van der Waals surface area contributed by atoms with Crippen molar-refractivity contribution in [2.75, 3.05) is 0 Å². The topological polar surface area (TPSA) is 46.2 Å². The Labute approximate surface area is 181 Å². The number of benzene rings is 2. The molecule has 2 aromatic carbocycles. The Balaban J connectivity index is 1.69. The average Bonchev–Trinajstić information content (AvgIpc) is 2.92. The van der Waals surface area contributed by atoms with Crippen LogP contribution in [0.5, 0.6) is 0 Å². The van der Waals surface area contributed by atoms with Crippen LogP contribution in [0.1, 0.15) is 37.2 Å². The zero-order valence-electron chi connectivity index (χ0n) is 15.7. The van der Waals surface area contributed by atoms with Crippen molar-refractivity contribution < 1.29 is 22.8 Å². The largest absolute Gasteiger partial charge is 0.391 e. The number of hydrogen-bond acceptors (Lipinski definition) is 2. The summed E-state index contributed by atoms with van der Waals surface area (Å²) in [7, 11) is 0. The van der Waals surface area contributed by atoms with Crippen molar-refractivity contribution in [1.29, 1.82) is 0 Å². The number of halogens is 5. The molecule has 0 bridgehead atoms. The summed E-state index contributed by atoms with van der Waals surface area (Å²) in [4.78, 5) is 26.1. The van der Waals surface area contributed by atoms with E-state index in [1.165, 1.54) is 0 Å². The summed E-state index contributed by atoms with van der Waals surface area (Å²) in [5.74, 6) is -3.96. The van der Waals surface area contributed by atoms with E-state index in [4.69, 9.17) is 23.2 Å². The molecule has 158 valence electrons. The first-order chi connectivity index (χ1) is 14.1. The minimum absolute atomic E-state index is 0.0358. The molecule has 1 unspecified atom stereocenters. The van der Waals surface area contributed by atoms with Crippen molar-refractivity contribution in [3.8, 4) is 11.1 Å². The summed E-state index contributed by atoms with van der Waals surface area (Å²) in [5, 5.41) is 3.39. The Hall–Kier alpha value is -2.05. The molecule has 1 aliphatic heterocycles. The molecule has 4 rings (SSSR count). The Morgan fingerprint density at radius 1 is 1.00 bits per heavy atom. The van der Waals surface area contributed by atoms with Crippen molar-refractivity contribution in [3.05, 3.63) is 58.1 Å². The fourth-order valence-electron chi connectivity index (χ4n) is 4.53. The number of Topliss-reactive ketones (excluding diaryl/α,β-unsaturated/α-hetero) is 1. The summed E-state index contributed by atoms with van der Waals surface area (Å²) in [6.07, 6.45) is -4.43. The van der Waals surface area contributed by atoms with E-state index >= 15 is 0 Å². The fourth-order valence-corrected chi connectivity index (χ4v) is 4.88. The van der Waals surface area contributed by atoms with E-state index in [9.17, 15) is 22.8 Å². The van der Waals surface area contributed by atoms with E-state index in [2.05, 4.69) is 5.32 Å². The van der Waals surface area contributed by atoms with Gasteiger partial charge in [-0.25, -0.2) is 0 Å². The third-order valence-electron chi connectivity index (χ3n) is 6.06. The molecule has 0 radical (unpaired) electrons. The van der Waals surface area contributed by atoms with Crippen molar-refractivity contribution in [2.24, 2.45) is 5.92 Å². The molecule has 1 heterocycles. The predicted octanol–water partition coefficient (Wildman–Crippen LogP) is 5.93. The van der Waals surface area contributed by atoms with Crippen molar-refractivity contribution >= 4 is 34.9 Å². The highest BCUT2D eigenvalue weighted by Crippen LogP contribution is 2.47. The van der Waals surface area contributed by atoms with Gasteiger partial charge in [-0.2, -0.15) is 13.2 Å². The summed E-state index contributed by atoms with van der Waals surface area (Å²) in [5.41, 5.74) is 0.356. The number of carbonyl (C=O) groups is 2. The second-order valence-corrected chi connectivity index (χ2v) is 8.79. The third-order valence-corrected chi connectivity index (χ3v) is 6.65. The van der Waals surface area contributed by atoms with Gasteiger partial charge in [-0.15, -0.1) is 0 Å². The molecule has 1 N–H and O–H groups in total. The third kappa shape index (κ3) is 3.71. The van der Waals surface area contributed by atoms with Crippen LogP contribution >= 0.6 is 23.2 Å². The number of amides is 1. The Kier molecular flexibility index (Phi) is 5.35. The van der Waals surface area contributed by atoms with Crippen molar-refractivity contribution in [1.82, 2.24) is 5.32 Å². The van der Waals surface area contributed by atoms with Gasteiger partial charge in [0, 0.05) is 10.0 Å². The van der Waals surface area contributed by atoms with Gasteiger partial charge < -0.3 is 5.32 Å². The van der Waals surface area contributed by atoms with Crippen LogP contribution in [-0.4, -0.2) is 23.4 Å². The van der Waals surface area contributed by atoms with Crippen LogP contribution in [0.3, 0.4) is 0 Å². The maximum atomic E-state index is 13.3. The van der Waals surface area contributed by atoms with E-state index in [1.807, 2.05) is 0 Å². The highest BCUT2D eigenvalue weighted by molar-refractivity contribution is 6.33. The van der Waals surface area contributed by atoms with Crippen LogP contribution in [0.15, 0.2) is 42.5 Å². The zero-order chi connectivity index (χ0) is 21.7. The number of alkyl halides is 3. The Morgan fingerprint density at radius 3 is 2.33 bits per heavy atom. The SMILES string of the molecule is O=C1N[C@]2(CCC[C@H](C(F)(F)F)C2)C(=O)C1c1cc(-c2ccc(Cl)cc2)ccc1Cl. The van der Waals surface area contributed by atoms with Gasteiger partial charge >= 0.3 is 6.18 Å². The summed E-state index contributed by atoms with van der Waals surface area (Å²) in [6, 6.07) is 12.0. The van der Waals surface area contributed by atoms with E-state index in [1.54, 1.807) is 42.5 Å². The first-order valence-corrected chi connectivity index (χ1v) is 10.3. The molecule has 1 saturated carbocycles. The van der Waals surface area contributed by atoms with Gasteiger partial charge in [-0.05, 0) is 60.2 Å². The van der Waals surface area contributed by atoms with Gasteiger partial charge in [-0.1, -0.05) is 47.8 Å². The fraction of sp³-hybridized carbons (Fsp3) is 0.364. The van der Waals surface area contributed by atoms with Crippen molar-refractivity contribution in [2.45, 2.75) is 43.3 Å². The van der Waals surface area contributed by atoms with Gasteiger partial charge in [0.1, 0.15) is 11.5 Å². The summed E-state index contributed by atoms with van der Waals surface area (Å²) in [6.45, 7) is 0. The zero-order valence-corrected chi connectivity index (χ0v) is 17.2. The minimum Gasteiger partial charge on any atom is -0.343 e. The molecule has 1 amide bonds. The first kappa shape index (κ1) is 21.2. The number of hydrogen-bond donors (Lipinski definition) is 1. The molecule has 0 aromatic heterocycles. The van der Waals surface area contributed by atoms with Gasteiger partial charge in [-0.3, -0.25) is 9.59 Å². The quantitative estimate of drug-likeness (QED) is 0.570. The molecule has 1 spiro atoms. The second kappa shape index (κ2) is 7.57. The lowest BCUT2D eigenvalue weighted by molar-refractivity contribution is -0.188. The number of nitrogens with one attached hydrogen (secondary N) is 1. The van der Waals surface area contributed by atoms with Crippen LogP contribution in [0.2, 0.25) is 10.0 Å². The van der Waals surface area contributed by atoms with E-state index in [0.29, 0.717) is 10.6 Å². The van der Waals surface area contributed by atoms with Gasteiger partial charge in [0.05, 0.1) is 5.92 Å². The molecule has 8 heteroatoms. The standard InChI is InChI=1S/C22H18Cl2F3NO2/c23-15-6-3-12(4-7-15)13-5-8-17(24)16(10-13)18-19(29)21(28-20(18)30)9-1-2-14(11-21)22(25,26)27/h3-8,10,14,18H,1-2,9,11H2,(H,28,30)/t14-,18?,21-/m0/s1. The normalized spacial score (nSPS) is 26.8. The lowest BCUT2D eigenvalue weighted by Gasteiger charge is -2.37. The van der Waals surface area contributed by atoms with Crippen LogP contribution in [0.25, 0.3) is 11.1 Å². The number of rotatable bonds is 2. The van der Waals surface area contributed by atoms with Crippen LogP contribution in [0, 0.1) is 5.92 Å². The predicted molar refractivity (Wildman–Crippen MR) is 109 cm³/mol. The lowest BCUT2D eigenvalue weighted by Crippen LogP contribution is -2.52. The summed E-state index contributed by atoms with van der Waals surface area (Å²) < 4.78 is 39.9. The molecule has 3 atom stereocenters. The van der Waals surface area contributed by atoms with Crippen LogP contribution in [0.4, 0.5) is 13.2 Å². The molecule has 2 aromatic rings. The molecule has 2 fully saturated rings. The number of ketones is 1. The van der Waals surface area contributed by atoms with E-state index in [-0.39, 0.29) is 24.3 Å². The number of carbonyl (C=O) groups excluding carboxylic acids is 2. The molecular weight excluding hydrogens is 438 g/mol. The van der Waals surface area contributed by atoms with Gasteiger partial charge in [0.25, 0.3) is 0 Å². The lowest BCUT2D eigenvalue weighted by atomic mass is 9.72. The van der Waals surface area contributed by atoms with E-state index in [0.717, 1.165) is 11.1 Å². The molecule has 30 heavy (non-hydrogen) atoms. The van der Waals surface area contributed by atoms with Crippen molar-refractivity contribution in [3.63, 3.8) is 0 Å². The van der Waals surface area contributed by atoms with Crippen LogP contribution < -0.4 is 5.32 Å². The van der Waals surface area contributed by atoms with Crippen LogP contribution in [-0.2, 0) is 9.59 Å². The smallest absolute Gasteiger partial charge is 0.343 e. The Bertz CT molecular complexity index is 1010. The average molecular weight is 456 g/mol. The highest BCUT2D eigenvalue weighted by Gasteiger charge is 2.58. The Morgan fingerprint density at radius 2 is 1.67 bits per heavy atom.